The Labute approximate surface area is 122 Å². The van der Waals surface area contributed by atoms with Crippen LogP contribution < -0.4 is 10.2 Å². The zero-order chi connectivity index (χ0) is 13.6. The Hall–Kier alpha value is -1.02. The Kier molecular flexibility index (Phi) is 3.03. The van der Waals surface area contributed by atoms with Gasteiger partial charge >= 0.3 is 0 Å². The molecule has 0 radical (unpaired) electrons. The first-order valence-corrected chi connectivity index (χ1v) is 8.32. The molecule has 0 amide bonds. The molecule has 1 aliphatic heterocycles. The Morgan fingerprint density at radius 3 is 2.70 bits per heavy atom. The van der Waals surface area contributed by atoms with Crippen molar-refractivity contribution >= 4 is 5.69 Å². The molecule has 20 heavy (non-hydrogen) atoms. The van der Waals surface area contributed by atoms with Crippen LogP contribution in [-0.4, -0.2) is 18.6 Å². The van der Waals surface area contributed by atoms with E-state index in [1.54, 1.807) is 0 Å². The number of fused-ring (bicyclic) bond motifs is 1. The van der Waals surface area contributed by atoms with Gasteiger partial charge in [-0.25, -0.2) is 0 Å². The summed E-state index contributed by atoms with van der Waals surface area (Å²) in [6.45, 7) is 5.93. The molecule has 2 fully saturated rings. The van der Waals surface area contributed by atoms with Crippen molar-refractivity contribution in [2.45, 2.75) is 51.1 Å². The average molecular weight is 270 g/mol. The van der Waals surface area contributed by atoms with E-state index in [2.05, 4.69) is 41.4 Å². The first kappa shape index (κ1) is 12.7. The van der Waals surface area contributed by atoms with Crippen LogP contribution in [0.1, 0.15) is 44.6 Å². The minimum Gasteiger partial charge on any atom is -0.369 e. The van der Waals surface area contributed by atoms with Gasteiger partial charge in [-0.2, -0.15) is 0 Å². The zero-order valence-electron chi connectivity index (χ0n) is 12.6. The first-order valence-electron chi connectivity index (χ1n) is 8.32. The van der Waals surface area contributed by atoms with Crippen molar-refractivity contribution in [2.75, 3.05) is 18.0 Å². The van der Waals surface area contributed by atoms with E-state index >= 15 is 0 Å². The predicted molar refractivity (Wildman–Crippen MR) is 84.0 cm³/mol. The largest absolute Gasteiger partial charge is 0.369 e. The lowest BCUT2D eigenvalue weighted by Gasteiger charge is -2.39. The molecule has 2 aliphatic carbocycles. The van der Waals surface area contributed by atoms with Gasteiger partial charge in [0.05, 0.1) is 0 Å². The van der Waals surface area contributed by atoms with Gasteiger partial charge in [0, 0.05) is 30.9 Å². The van der Waals surface area contributed by atoms with Crippen LogP contribution in [0.5, 0.6) is 0 Å². The highest BCUT2D eigenvalue weighted by Gasteiger charge is 2.44. The number of rotatable bonds is 3. The highest BCUT2D eigenvalue weighted by atomic mass is 15.2. The Morgan fingerprint density at radius 1 is 1.20 bits per heavy atom. The van der Waals surface area contributed by atoms with Crippen molar-refractivity contribution < 1.29 is 0 Å². The lowest BCUT2D eigenvalue weighted by atomic mass is 9.84. The molecule has 0 aromatic heterocycles. The number of nitrogens with zero attached hydrogens (tertiary/aromatic N) is 1. The molecule has 1 aromatic carbocycles. The van der Waals surface area contributed by atoms with Crippen LogP contribution in [0.3, 0.4) is 0 Å². The van der Waals surface area contributed by atoms with E-state index < -0.39 is 0 Å². The van der Waals surface area contributed by atoms with E-state index in [4.69, 9.17) is 0 Å². The third-order valence-electron chi connectivity index (χ3n) is 5.72. The van der Waals surface area contributed by atoms with Crippen LogP contribution in [0.2, 0.25) is 0 Å². The summed E-state index contributed by atoms with van der Waals surface area (Å²) in [6, 6.07) is 9.01. The van der Waals surface area contributed by atoms with Crippen molar-refractivity contribution in [3.63, 3.8) is 0 Å². The van der Waals surface area contributed by atoms with Gasteiger partial charge < -0.3 is 10.2 Å². The number of nitrogens with one attached hydrogen (secondary N) is 1. The second-order valence-corrected chi connectivity index (χ2v) is 7.35. The summed E-state index contributed by atoms with van der Waals surface area (Å²) in [5.41, 5.74) is 3.27. The highest BCUT2D eigenvalue weighted by molar-refractivity contribution is 5.55. The molecule has 3 aliphatic rings. The van der Waals surface area contributed by atoms with E-state index in [1.807, 2.05) is 0 Å². The molecule has 4 rings (SSSR count). The molecule has 2 saturated carbocycles. The third kappa shape index (κ3) is 2.24. The smallest absolute Gasteiger partial charge is 0.0412 e. The summed E-state index contributed by atoms with van der Waals surface area (Å²) < 4.78 is 0. The van der Waals surface area contributed by atoms with Crippen LogP contribution >= 0.6 is 0 Å². The lowest BCUT2D eigenvalue weighted by molar-refractivity contribution is 0.285. The molecular formula is C18H26N2. The number of para-hydroxylation sites is 1. The van der Waals surface area contributed by atoms with Gasteiger partial charge in [0.25, 0.3) is 0 Å². The van der Waals surface area contributed by atoms with Crippen LogP contribution in [0, 0.1) is 11.8 Å². The molecule has 1 atom stereocenters. The standard InChI is InChI=1S/C18H26N2/c1-18(16-9-10-16)13-20(12-14-5-4-6-14)17-8-3-2-7-15(17)11-19-18/h2-3,7-8,14,16,19H,4-6,9-13H2,1H3. The minimum atomic E-state index is 0.308. The van der Waals surface area contributed by atoms with Gasteiger partial charge in [-0.05, 0) is 56.1 Å². The summed E-state index contributed by atoms with van der Waals surface area (Å²) in [4.78, 5) is 2.69. The second kappa shape index (κ2) is 4.77. The third-order valence-corrected chi connectivity index (χ3v) is 5.72. The van der Waals surface area contributed by atoms with Crippen molar-refractivity contribution in [1.29, 1.82) is 0 Å². The van der Waals surface area contributed by atoms with Crippen LogP contribution in [0.15, 0.2) is 24.3 Å². The van der Waals surface area contributed by atoms with Crippen molar-refractivity contribution in [3.8, 4) is 0 Å². The summed E-state index contributed by atoms with van der Waals surface area (Å²) in [7, 11) is 0. The predicted octanol–water partition coefficient (Wildman–Crippen LogP) is 3.57. The first-order chi connectivity index (χ1) is 9.74. The lowest BCUT2D eigenvalue weighted by Crippen LogP contribution is -2.52. The van der Waals surface area contributed by atoms with E-state index in [9.17, 15) is 0 Å². The normalized spacial score (nSPS) is 30.6. The summed E-state index contributed by atoms with van der Waals surface area (Å²) in [6.07, 6.45) is 7.14. The molecule has 0 spiro atoms. The van der Waals surface area contributed by atoms with Crippen molar-refractivity contribution in [2.24, 2.45) is 11.8 Å². The number of hydrogen-bond acceptors (Lipinski definition) is 2. The van der Waals surface area contributed by atoms with Gasteiger partial charge in [0.15, 0.2) is 0 Å². The molecule has 2 nitrogen and oxygen atoms in total. The molecule has 0 saturated heterocycles. The molecule has 1 unspecified atom stereocenters. The Morgan fingerprint density at radius 2 is 2.00 bits per heavy atom. The second-order valence-electron chi connectivity index (χ2n) is 7.35. The van der Waals surface area contributed by atoms with Crippen LogP contribution in [-0.2, 0) is 6.54 Å². The van der Waals surface area contributed by atoms with E-state index in [-0.39, 0.29) is 0 Å². The number of anilines is 1. The van der Waals surface area contributed by atoms with Gasteiger partial charge in [0.1, 0.15) is 0 Å². The minimum absolute atomic E-state index is 0.308. The quantitative estimate of drug-likeness (QED) is 0.903. The summed E-state index contributed by atoms with van der Waals surface area (Å²) >= 11 is 0. The maximum Gasteiger partial charge on any atom is 0.0412 e. The zero-order valence-corrected chi connectivity index (χ0v) is 12.6. The fourth-order valence-corrected chi connectivity index (χ4v) is 3.95. The van der Waals surface area contributed by atoms with Crippen LogP contribution in [0.25, 0.3) is 0 Å². The molecule has 2 heteroatoms. The van der Waals surface area contributed by atoms with E-state index in [0.29, 0.717) is 5.54 Å². The average Bonchev–Trinajstić information content (AvgIpc) is 3.23. The molecule has 0 bridgehead atoms. The highest BCUT2D eigenvalue weighted by Crippen LogP contribution is 2.43. The van der Waals surface area contributed by atoms with Crippen molar-refractivity contribution in [3.05, 3.63) is 29.8 Å². The number of hydrogen-bond donors (Lipinski definition) is 1. The summed E-state index contributed by atoms with van der Waals surface area (Å²) in [5, 5.41) is 3.87. The fourth-order valence-electron chi connectivity index (χ4n) is 3.95. The SMILES string of the molecule is CC1(C2CC2)CN(CC2CCC2)c2ccccc2CN1. The van der Waals surface area contributed by atoms with E-state index in [0.717, 1.165) is 18.4 Å². The fraction of sp³-hybridized carbons (Fsp3) is 0.667. The maximum absolute atomic E-state index is 3.87. The van der Waals surface area contributed by atoms with E-state index in [1.165, 1.54) is 56.4 Å². The van der Waals surface area contributed by atoms with Gasteiger partial charge in [-0.3, -0.25) is 0 Å². The molecule has 1 aromatic rings. The molecule has 1 heterocycles. The van der Waals surface area contributed by atoms with Gasteiger partial charge in [-0.15, -0.1) is 0 Å². The Bertz CT molecular complexity index is 490. The summed E-state index contributed by atoms with van der Waals surface area (Å²) in [5.74, 6) is 1.82. The van der Waals surface area contributed by atoms with Gasteiger partial charge in [-0.1, -0.05) is 24.6 Å². The van der Waals surface area contributed by atoms with Crippen LogP contribution in [0.4, 0.5) is 5.69 Å². The van der Waals surface area contributed by atoms with Crippen molar-refractivity contribution in [1.82, 2.24) is 5.32 Å². The van der Waals surface area contributed by atoms with Gasteiger partial charge in [0.2, 0.25) is 0 Å². The monoisotopic (exact) mass is 270 g/mol. The number of benzene rings is 1. The Balaban J connectivity index is 1.63. The molecule has 1 N–H and O–H groups in total. The topological polar surface area (TPSA) is 15.3 Å². The maximum atomic E-state index is 3.87. The molecular weight excluding hydrogens is 244 g/mol. The molecule has 108 valence electrons.